The number of aliphatic hydroxyl groups excluding tert-OH is 1. The predicted octanol–water partition coefficient (Wildman–Crippen LogP) is 2.81. The molecule has 0 saturated carbocycles. The van der Waals surface area contributed by atoms with Gasteiger partial charge in [-0.3, -0.25) is 9.59 Å². The summed E-state index contributed by atoms with van der Waals surface area (Å²) in [6.45, 7) is 4.26. The van der Waals surface area contributed by atoms with Crippen LogP contribution in [0.15, 0.2) is 42.5 Å². The highest BCUT2D eigenvalue weighted by atomic mass is 35.5. The molecule has 4 N–H and O–H groups in total. The number of amides is 2. The molecule has 0 aliphatic carbocycles. The van der Waals surface area contributed by atoms with Crippen LogP contribution in [0, 0.1) is 11.6 Å². The lowest BCUT2D eigenvalue weighted by Gasteiger charge is -2.28. The maximum absolute atomic E-state index is 13.9. The van der Waals surface area contributed by atoms with Crippen LogP contribution in [0.25, 0.3) is 0 Å². The number of rotatable bonds is 18. The first-order valence-corrected chi connectivity index (χ1v) is 16.0. The van der Waals surface area contributed by atoms with Crippen LogP contribution in [0.3, 0.4) is 0 Å². The second-order valence-corrected chi connectivity index (χ2v) is 13.0. The van der Waals surface area contributed by atoms with E-state index < -0.39 is 57.2 Å². The van der Waals surface area contributed by atoms with Gasteiger partial charge < -0.3 is 26.0 Å². The number of aryl methyl sites for hydroxylation is 1. The van der Waals surface area contributed by atoms with Gasteiger partial charge in [-0.25, -0.2) is 17.2 Å². The van der Waals surface area contributed by atoms with Gasteiger partial charge in [0.05, 0.1) is 30.2 Å². The number of likely N-dealkylation sites (N-methyl/N-ethyl adjacent to an activating group) is 1. The Labute approximate surface area is 272 Å². The Morgan fingerprint density at radius 1 is 0.955 bits per heavy atom. The van der Waals surface area contributed by atoms with E-state index >= 15 is 0 Å². The second-order valence-electron chi connectivity index (χ2n) is 10.8. The number of sulfone groups is 1. The van der Waals surface area contributed by atoms with Gasteiger partial charge in [0.1, 0.15) is 17.7 Å². The molecule has 0 aromatic heterocycles. The number of hydrogen-bond donors (Lipinski definition) is 4. The fourth-order valence-electron chi connectivity index (χ4n) is 4.43. The zero-order valence-electron chi connectivity index (χ0n) is 25.6. The summed E-state index contributed by atoms with van der Waals surface area (Å²) < 4.78 is 53.3. The van der Waals surface area contributed by atoms with Gasteiger partial charge in [-0.15, -0.1) is 24.8 Å². The van der Waals surface area contributed by atoms with Crippen molar-refractivity contribution < 1.29 is 31.9 Å². The molecule has 3 atom stereocenters. The predicted molar refractivity (Wildman–Crippen MR) is 174 cm³/mol. The lowest BCUT2D eigenvalue weighted by atomic mass is 10.00. The fourth-order valence-corrected chi connectivity index (χ4v) is 6.06. The molecule has 0 bridgehead atoms. The van der Waals surface area contributed by atoms with Crippen molar-refractivity contribution in [2.24, 2.45) is 0 Å². The minimum absolute atomic E-state index is 0. The van der Waals surface area contributed by atoms with Crippen LogP contribution in [0.4, 0.5) is 8.78 Å². The third kappa shape index (κ3) is 15.6. The Balaban J connectivity index is 0.00000924. The van der Waals surface area contributed by atoms with Crippen molar-refractivity contribution in [1.29, 1.82) is 0 Å². The number of hydrogen-bond acceptors (Lipinski definition) is 7. The highest BCUT2D eigenvalue weighted by molar-refractivity contribution is 7.91. The van der Waals surface area contributed by atoms with Crippen LogP contribution in [0.5, 0.6) is 0 Å². The molecule has 2 aromatic rings. The molecule has 0 saturated heterocycles. The Morgan fingerprint density at radius 2 is 1.59 bits per heavy atom. The Morgan fingerprint density at radius 3 is 2.18 bits per heavy atom. The van der Waals surface area contributed by atoms with Crippen molar-refractivity contribution in [3.63, 3.8) is 0 Å². The van der Waals surface area contributed by atoms with Gasteiger partial charge >= 0.3 is 0 Å². The smallest absolute Gasteiger partial charge is 0.243 e. The Bertz CT molecular complexity index is 1270. The van der Waals surface area contributed by atoms with Gasteiger partial charge in [0.25, 0.3) is 0 Å². The summed E-state index contributed by atoms with van der Waals surface area (Å²) in [4.78, 5) is 27.5. The van der Waals surface area contributed by atoms with Crippen LogP contribution in [0.1, 0.15) is 43.4 Å². The summed E-state index contributed by atoms with van der Waals surface area (Å²) in [6.07, 6.45) is 0.549. The maximum atomic E-state index is 13.9. The minimum Gasteiger partial charge on any atom is -0.390 e. The molecule has 2 amide bonds. The van der Waals surface area contributed by atoms with Crippen LogP contribution in [-0.4, -0.2) is 87.1 Å². The molecule has 250 valence electrons. The quantitative estimate of drug-likeness (QED) is 0.190. The third-order valence-electron chi connectivity index (χ3n) is 6.59. The number of carbonyl (C=O) groups excluding carboxylic acids is 2. The Hall–Kier alpha value is -2.35. The van der Waals surface area contributed by atoms with E-state index in [9.17, 15) is 31.9 Å². The average Bonchev–Trinajstić information content (AvgIpc) is 2.90. The monoisotopic (exact) mass is 682 g/mol. The van der Waals surface area contributed by atoms with E-state index in [4.69, 9.17) is 0 Å². The standard InChI is InChI=1S/C30H44F2N4O5S.2ClH/c1-5-7-11-42(40,41)20-27(34-29(38)19-36(3)4)30(39)35-26(15-23-13-24(31)16-25(32)14-23)28(37)18-33-17-22-10-8-9-21(6-2)12-22;;/h8-10,12-14,16,26-28,33,37H,5-7,11,15,17-20H2,1-4H3,(H,34,38)(H,35,39);2*1H/t26-,27+,28+;;/m0../s1. The number of carbonyl (C=O) groups is 2. The second kappa shape index (κ2) is 20.6. The number of unbranched alkanes of at least 4 members (excludes halogenated alkanes) is 1. The van der Waals surface area contributed by atoms with Gasteiger partial charge in [-0.2, -0.15) is 0 Å². The molecule has 9 nitrogen and oxygen atoms in total. The summed E-state index contributed by atoms with van der Waals surface area (Å²) >= 11 is 0. The highest BCUT2D eigenvalue weighted by Crippen LogP contribution is 2.13. The van der Waals surface area contributed by atoms with E-state index in [1.54, 1.807) is 19.0 Å². The lowest BCUT2D eigenvalue weighted by molar-refractivity contribution is -0.129. The zero-order valence-corrected chi connectivity index (χ0v) is 28.1. The molecular weight excluding hydrogens is 637 g/mol. The topological polar surface area (TPSA) is 128 Å². The van der Waals surface area contributed by atoms with Gasteiger partial charge in [0, 0.05) is 19.2 Å². The van der Waals surface area contributed by atoms with Crippen LogP contribution < -0.4 is 16.0 Å². The third-order valence-corrected chi connectivity index (χ3v) is 8.35. The maximum Gasteiger partial charge on any atom is 0.243 e. The number of halogens is 4. The molecule has 14 heteroatoms. The van der Waals surface area contributed by atoms with E-state index in [-0.39, 0.29) is 55.6 Å². The SMILES string of the molecule is CCCCS(=O)(=O)C[C@@H](NC(=O)CN(C)C)C(=O)N[C@@H](Cc1cc(F)cc(F)c1)[C@H](O)CNCc1cccc(CC)c1.Cl.Cl. The molecule has 0 spiro atoms. The summed E-state index contributed by atoms with van der Waals surface area (Å²) in [5.41, 5.74) is 2.34. The van der Waals surface area contributed by atoms with Crippen molar-refractivity contribution in [3.8, 4) is 0 Å². The minimum atomic E-state index is -3.70. The van der Waals surface area contributed by atoms with Crippen molar-refractivity contribution in [2.45, 2.75) is 64.3 Å². The number of nitrogens with one attached hydrogen (secondary N) is 3. The largest absolute Gasteiger partial charge is 0.390 e. The van der Waals surface area contributed by atoms with Gasteiger partial charge in [0.2, 0.25) is 11.8 Å². The van der Waals surface area contributed by atoms with E-state index in [0.29, 0.717) is 19.4 Å². The summed E-state index contributed by atoms with van der Waals surface area (Å²) in [6, 6.07) is 8.36. The molecule has 0 heterocycles. The molecule has 0 radical (unpaired) electrons. The normalized spacial score (nSPS) is 13.3. The molecule has 0 fully saturated rings. The van der Waals surface area contributed by atoms with Gasteiger partial charge in [-0.1, -0.05) is 44.5 Å². The molecule has 0 aliphatic rings. The van der Waals surface area contributed by atoms with E-state index in [1.807, 2.05) is 38.1 Å². The first kappa shape index (κ1) is 41.7. The number of benzene rings is 2. The number of aliphatic hydroxyl groups is 1. The molecule has 44 heavy (non-hydrogen) atoms. The van der Waals surface area contributed by atoms with Crippen LogP contribution in [-0.2, 0) is 38.8 Å². The van der Waals surface area contributed by atoms with Crippen LogP contribution in [0.2, 0.25) is 0 Å². The zero-order chi connectivity index (χ0) is 31.3. The Kier molecular flexibility index (Phi) is 19.5. The first-order valence-electron chi connectivity index (χ1n) is 14.2. The first-order chi connectivity index (χ1) is 19.8. The van der Waals surface area contributed by atoms with E-state index in [2.05, 4.69) is 16.0 Å². The molecular formula is C30H46Cl2F2N4O5S. The van der Waals surface area contributed by atoms with E-state index in [0.717, 1.165) is 35.7 Å². The summed E-state index contributed by atoms with van der Waals surface area (Å²) in [7, 11) is -0.391. The average molecular weight is 684 g/mol. The van der Waals surface area contributed by atoms with Crippen molar-refractivity contribution >= 4 is 46.5 Å². The number of nitrogens with zero attached hydrogens (tertiary/aromatic N) is 1. The molecule has 0 aliphatic heterocycles. The van der Waals surface area contributed by atoms with Gasteiger partial charge in [0.15, 0.2) is 9.84 Å². The highest BCUT2D eigenvalue weighted by Gasteiger charge is 2.31. The summed E-state index contributed by atoms with van der Waals surface area (Å²) in [5, 5.41) is 19.4. The summed E-state index contributed by atoms with van der Waals surface area (Å²) in [5.74, 6) is -3.76. The molecule has 2 aromatic carbocycles. The molecule has 0 unspecified atom stereocenters. The van der Waals surface area contributed by atoms with Gasteiger partial charge in [-0.05, 0) is 62.2 Å². The van der Waals surface area contributed by atoms with Crippen LogP contribution >= 0.6 is 24.8 Å². The molecule has 2 rings (SSSR count). The van der Waals surface area contributed by atoms with Crippen molar-refractivity contribution in [2.75, 3.05) is 38.7 Å². The fraction of sp³-hybridized carbons (Fsp3) is 0.533. The van der Waals surface area contributed by atoms with Crippen molar-refractivity contribution in [1.82, 2.24) is 20.9 Å². The van der Waals surface area contributed by atoms with E-state index in [1.165, 1.54) is 0 Å². The van der Waals surface area contributed by atoms with Crippen molar-refractivity contribution in [3.05, 3.63) is 70.8 Å². The lowest BCUT2D eigenvalue weighted by Crippen LogP contribution is -2.57.